The van der Waals surface area contributed by atoms with E-state index in [0.717, 1.165) is 17.0 Å². The van der Waals surface area contributed by atoms with Crippen LogP contribution in [0.5, 0.6) is 0 Å². The second-order valence-electron chi connectivity index (χ2n) is 9.67. The van der Waals surface area contributed by atoms with Crippen LogP contribution >= 0.6 is 23.2 Å². The number of sulfonamides is 1. The normalized spacial score (nSPS) is 22.3. The average molecular weight is 561 g/mol. The van der Waals surface area contributed by atoms with Crippen LogP contribution in [0.25, 0.3) is 0 Å². The number of Topliss-reactive ketones (excluding diaryl/α,β-unsaturated/α-hetero) is 1. The van der Waals surface area contributed by atoms with Crippen LogP contribution in [0.3, 0.4) is 0 Å². The van der Waals surface area contributed by atoms with Gasteiger partial charge in [-0.3, -0.25) is 14.5 Å². The van der Waals surface area contributed by atoms with Crippen molar-refractivity contribution in [1.29, 1.82) is 0 Å². The molecule has 192 valence electrons. The van der Waals surface area contributed by atoms with E-state index < -0.39 is 49.3 Å². The van der Waals surface area contributed by atoms with Crippen molar-refractivity contribution in [3.05, 3.63) is 69.3 Å². The monoisotopic (exact) mass is 560 g/mol. The number of alkyl halides is 3. The number of halogens is 5. The lowest BCUT2D eigenvalue weighted by Gasteiger charge is -2.35. The Morgan fingerprint density at radius 2 is 1.58 bits per heavy atom. The highest BCUT2D eigenvalue weighted by Gasteiger charge is 2.72. The molecule has 0 fully saturated rings. The molecule has 1 heterocycles. The Balaban J connectivity index is 1.99. The minimum atomic E-state index is -5.50. The Hall–Kier alpha value is -2.40. The number of hydrogen-bond acceptors (Lipinski definition) is 4. The van der Waals surface area contributed by atoms with Crippen molar-refractivity contribution < 1.29 is 31.2 Å². The molecule has 2 aliphatic rings. The van der Waals surface area contributed by atoms with Crippen molar-refractivity contribution >= 4 is 50.6 Å². The molecule has 36 heavy (non-hydrogen) atoms. The molecule has 2 aromatic carbocycles. The summed E-state index contributed by atoms with van der Waals surface area (Å²) in [6.07, 6.45) is -5.90. The van der Waals surface area contributed by atoms with Crippen LogP contribution in [0.4, 0.5) is 18.9 Å². The molecule has 0 unspecified atom stereocenters. The molecule has 1 N–H and O–H groups in total. The van der Waals surface area contributed by atoms with Gasteiger partial charge in [0.1, 0.15) is 0 Å². The van der Waals surface area contributed by atoms with E-state index in [1.54, 1.807) is 25.5 Å². The van der Waals surface area contributed by atoms with E-state index >= 15 is 0 Å². The molecular weight excluding hydrogens is 540 g/mol. The molecule has 0 saturated carbocycles. The van der Waals surface area contributed by atoms with E-state index in [1.807, 2.05) is 0 Å². The third kappa shape index (κ3) is 4.23. The zero-order valence-electron chi connectivity index (χ0n) is 19.3. The number of aryl methyl sites for hydroxylation is 1. The highest BCUT2D eigenvalue weighted by Crippen LogP contribution is 2.53. The van der Waals surface area contributed by atoms with Crippen LogP contribution in [0.15, 0.2) is 58.6 Å². The topological polar surface area (TPSA) is 83.6 Å². The number of nitrogens with zero attached hydrogens (tertiary/aromatic N) is 1. The lowest BCUT2D eigenvalue weighted by molar-refractivity contribution is -0.184. The van der Waals surface area contributed by atoms with Crippen LogP contribution in [-0.2, 0) is 19.6 Å². The molecule has 0 saturated heterocycles. The fourth-order valence-electron chi connectivity index (χ4n) is 4.59. The summed E-state index contributed by atoms with van der Waals surface area (Å²) in [5.41, 5.74) is -5.18. The summed E-state index contributed by atoms with van der Waals surface area (Å²) in [6.45, 7) is 5.03. The molecule has 12 heteroatoms. The van der Waals surface area contributed by atoms with Crippen LogP contribution in [0, 0.1) is 12.3 Å². The predicted molar refractivity (Wildman–Crippen MR) is 129 cm³/mol. The third-order valence-corrected chi connectivity index (χ3v) is 8.43. The van der Waals surface area contributed by atoms with Gasteiger partial charge in [-0.25, -0.2) is 8.42 Å². The Kier molecular flexibility index (Phi) is 6.35. The molecular formula is C24H21Cl2F3N2O4S. The summed E-state index contributed by atoms with van der Waals surface area (Å²) in [6, 6.07) is 8.84. The molecule has 0 radical (unpaired) electrons. The fourth-order valence-corrected chi connectivity index (χ4v) is 6.21. The number of hydrogen-bond donors (Lipinski definition) is 1. The number of nitrogens with one attached hydrogen (secondary N) is 1. The van der Waals surface area contributed by atoms with Crippen molar-refractivity contribution in [1.82, 2.24) is 4.72 Å². The number of benzene rings is 2. The lowest BCUT2D eigenvalue weighted by Crippen LogP contribution is -2.66. The van der Waals surface area contributed by atoms with Crippen molar-refractivity contribution in [2.24, 2.45) is 5.41 Å². The smallest absolute Gasteiger partial charge is 0.294 e. The molecule has 1 atom stereocenters. The zero-order valence-corrected chi connectivity index (χ0v) is 21.7. The van der Waals surface area contributed by atoms with E-state index in [4.69, 9.17) is 23.2 Å². The van der Waals surface area contributed by atoms with Gasteiger partial charge in [-0.2, -0.15) is 17.9 Å². The van der Waals surface area contributed by atoms with Gasteiger partial charge in [0.2, 0.25) is 15.6 Å². The lowest BCUT2D eigenvalue weighted by atomic mass is 9.72. The number of anilines is 1. The summed E-state index contributed by atoms with van der Waals surface area (Å²) in [4.78, 5) is 27.3. The number of carbonyl (C=O) groups is 2. The largest absolute Gasteiger partial charge is 0.421 e. The zero-order chi connectivity index (χ0) is 26.8. The number of amides is 1. The Labute approximate surface area is 216 Å². The van der Waals surface area contributed by atoms with Gasteiger partial charge in [0.05, 0.1) is 26.2 Å². The second-order valence-corrected chi connectivity index (χ2v) is 12.2. The number of ketones is 1. The number of allylic oxidation sites excluding steroid dienone is 1. The van der Waals surface area contributed by atoms with Crippen LogP contribution in [0.1, 0.15) is 32.3 Å². The van der Waals surface area contributed by atoms with Gasteiger partial charge in [0, 0.05) is 12.1 Å². The highest BCUT2D eigenvalue weighted by molar-refractivity contribution is 7.89. The second kappa shape index (κ2) is 8.58. The standard InChI is InChI=1S/C24H21Cl2F3N2O4S/c1-13-4-7-15(8-5-13)36(34,35)30-23(24(27,28)29)20-18(11-22(2,3)12-19(20)32)31(21(23)33)14-6-9-16(25)17(26)10-14/h4-10,30H,11-12H2,1-3H3/t23-/m1/s1. The van der Waals surface area contributed by atoms with Crippen LogP contribution in [0.2, 0.25) is 10.0 Å². The SMILES string of the molecule is Cc1ccc(S(=O)(=O)N[C@@]2(C(F)(F)F)C(=O)N(c3ccc(Cl)c(Cl)c3)C3=C2C(=O)CC(C)(C)C3)cc1. The first kappa shape index (κ1) is 26.7. The first-order valence-corrected chi connectivity index (χ1v) is 13.0. The maximum absolute atomic E-state index is 14.9. The van der Waals surface area contributed by atoms with Crippen molar-refractivity contribution in [3.63, 3.8) is 0 Å². The van der Waals surface area contributed by atoms with E-state index in [2.05, 4.69) is 0 Å². The van der Waals surface area contributed by atoms with Crippen molar-refractivity contribution in [3.8, 4) is 0 Å². The molecule has 0 aromatic heterocycles. The van der Waals surface area contributed by atoms with Crippen LogP contribution in [-0.4, -0.2) is 31.8 Å². The van der Waals surface area contributed by atoms with Gasteiger partial charge in [-0.15, -0.1) is 0 Å². The maximum Gasteiger partial charge on any atom is 0.421 e. The van der Waals surface area contributed by atoms with Gasteiger partial charge in [0.15, 0.2) is 5.78 Å². The molecule has 4 rings (SSSR count). The molecule has 0 spiro atoms. The van der Waals surface area contributed by atoms with Gasteiger partial charge >= 0.3 is 6.18 Å². The summed E-state index contributed by atoms with van der Waals surface area (Å²) >= 11 is 12.0. The summed E-state index contributed by atoms with van der Waals surface area (Å²) in [5.74, 6) is -2.64. The van der Waals surface area contributed by atoms with Gasteiger partial charge in [-0.1, -0.05) is 54.7 Å². The fraction of sp³-hybridized carbons (Fsp3) is 0.333. The third-order valence-electron chi connectivity index (χ3n) is 6.23. The summed E-state index contributed by atoms with van der Waals surface area (Å²) in [5, 5.41) is 0.0683. The van der Waals surface area contributed by atoms with Gasteiger partial charge in [-0.05, 0) is 49.1 Å². The first-order chi connectivity index (χ1) is 16.5. The van der Waals surface area contributed by atoms with Crippen molar-refractivity contribution in [2.75, 3.05) is 4.90 Å². The van der Waals surface area contributed by atoms with E-state index in [-0.39, 0.29) is 34.3 Å². The summed E-state index contributed by atoms with van der Waals surface area (Å²) in [7, 11) is -4.91. The molecule has 1 aliphatic heterocycles. The minimum Gasteiger partial charge on any atom is -0.294 e. The summed E-state index contributed by atoms with van der Waals surface area (Å²) < 4.78 is 72.8. The van der Waals surface area contributed by atoms with Crippen molar-refractivity contribution in [2.45, 2.75) is 50.2 Å². The number of carbonyl (C=O) groups excluding carboxylic acids is 2. The first-order valence-electron chi connectivity index (χ1n) is 10.7. The number of rotatable bonds is 4. The van der Waals surface area contributed by atoms with Crippen LogP contribution < -0.4 is 9.62 Å². The molecule has 6 nitrogen and oxygen atoms in total. The molecule has 2 aromatic rings. The average Bonchev–Trinajstić information content (AvgIpc) is 2.97. The quantitative estimate of drug-likeness (QED) is 0.529. The minimum absolute atomic E-state index is 0.0322. The van der Waals surface area contributed by atoms with Gasteiger partial charge in [0.25, 0.3) is 5.91 Å². The Morgan fingerprint density at radius 1 is 0.972 bits per heavy atom. The predicted octanol–water partition coefficient (Wildman–Crippen LogP) is 5.57. The highest BCUT2D eigenvalue weighted by atomic mass is 35.5. The maximum atomic E-state index is 14.9. The Morgan fingerprint density at radius 3 is 2.14 bits per heavy atom. The van der Waals surface area contributed by atoms with E-state index in [1.165, 1.54) is 30.3 Å². The van der Waals surface area contributed by atoms with Gasteiger partial charge < -0.3 is 0 Å². The molecule has 1 aliphatic carbocycles. The van der Waals surface area contributed by atoms with E-state index in [9.17, 15) is 31.2 Å². The molecule has 0 bridgehead atoms. The van der Waals surface area contributed by atoms with E-state index in [0.29, 0.717) is 5.56 Å². The molecule has 1 amide bonds. The Bertz CT molecular complexity index is 1420.